The molecule has 0 aliphatic rings. The topological polar surface area (TPSA) is 95.6 Å². The van der Waals surface area contributed by atoms with Gasteiger partial charge in [-0.1, -0.05) is 23.7 Å². The second-order valence-corrected chi connectivity index (χ2v) is 10.1. The lowest BCUT2D eigenvalue weighted by molar-refractivity contribution is 0.0827. The summed E-state index contributed by atoms with van der Waals surface area (Å²) >= 11 is 6.07. The summed E-state index contributed by atoms with van der Waals surface area (Å²) in [6.07, 6.45) is 0. The van der Waals surface area contributed by atoms with Crippen LogP contribution in [0.5, 0.6) is 0 Å². The van der Waals surface area contributed by atoms with E-state index in [4.69, 9.17) is 11.6 Å². The molecule has 0 heterocycles. The predicted molar refractivity (Wildman–Crippen MR) is 117 cm³/mol. The van der Waals surface area contributed by atoms with Crippen molar-refractivity contribution in [2.45, 2.75) is 37.8 Å². The van der Waals surface area contributed by atoms with E-state index >= 15 is 0 Å². The molecule has 2 N–H and O–H groups in total. The second kappa shape index (κ2) is 9.16. The SMILES string of the molecule is CN(C)C(=O)c1cccc(CNC(=O)c2ccc(Cl)c(S(=O)(=O)NC(C)(C)C)c2)c1. The molecule has 0 atom stereocenters. The molecule has 0 aromatic heterocycles. The number of benzene rings is 2. The fourth-order valence-electron chi connectivity index (χ4n) is 2.67. The van der Waals surface area contributed by atoms with Crippen molar-refractivity contribution in [3.8, 4) is 0 Å². The van der Waals surface area contributed by atoms with Crippen LogP contribution in [0.3, 0.4) is 0 Å². The second-order valence-electron chi connectivity index (χ2n) is 8.08. The molecule has 0 radical (unpaired) electrons. The lowest BCUT2D eigenvalue weighted by atomic mass is 10.1. The first-order chi connectivity index (χ1) is 13.8. The number of nitrogens with zero attached hydrogens (tertiary/aromatic N) is 1. The van der Waals surface area contributed by atoms with Crippen molar-refractivity contribution in [2.75, 3.05) is 14.1 Å². The average Bonchev–Trinajstić information content (AvgIpc) is 2.64. The van der Waals surface area contributed by atoms with Crippen molar-refractivity contribution >= 4 is 33.4 Å². The smallest absolute Gasteiger partial charge is 0.253 e. The van der Waals surface area contributed by atoms with Crippen molar-refractivity contribution in [2.24, 2.45) is 0 Å². The van der Waals surface area contributed by atoms with Gasteiger partial charge in [-0.15, -0.1) is 0 Å². The van der Waals surface area contributed by atoms with Crippen LogP contribution in [0.2, 0.25) is 5.02 Å². The summed E-state index contributed by atoms with van der Waals surface area (Å²) in [6, 6.07) is 11.0. The van der Waals surface area contributed by atoms with Crippen LogP contribution in [-0.4, -0.2) is 44.8 Å². The highest BCUT2D eigenvalue weighted by Gasteiger charge is 2.25. The third-order valence-corrected chi connectivity index (χ3v) is 6.20. The van der Waals surface area contributed by atoms with Gasteiger partial charge in [-0.05, 0) is 56.7 Å². The molecule has 2 aromatic carbocycles. The fraction of sp³-hybridized carbons (Fsp3) is 0.333. The van der Waals surface area contributed by atoms with Gasteiger partial charge in [-0.2, -0.15) is 0 Å². The Hall–Kier alpha value is -2.42. The van der Waals surface area contributed by atoms with Gasteiger partial charge in [0.2, 0.25) is 10.0 Å². The summed E-state index contributed by atoms with van der Waals surface area (Å²) in [6.45, 7) is 5.32. The van der Waals surface area contributed by atoms with E-state index in [-0.39, 0.29) is 27.9 Å². The van der Waals surface area contributed by atoms with Crippen LogP contribution in [0.15, 0.2) is 47.4 Å². The van der Waals surface area contributed by atoms with E-state index in [1.54, 1.807) is 59.1 Å². The maximum absolute atomic E-state index is 12.6. The largest absolute Gasteiger partial charge is 0.348 e. The number of hydrogen-bond donors (Lipinski definition) is 2. The highest BCUT2D eigenvalue weighted by Crippen LogP contribution is 2.24. The van der Waals surface area contributed by atoms with E-state index in [1.165, 1.54) is 23.1 Å². The number of carbonyl (C=O) groups is 2. The van der Waals surface area contributed by atoms with Gasteiger partial charge in [0.05, 0.1) is 5.02 Å². The van der Waals surface area contributed by atoms with Crippen LogP contribution in [0.25, 0.3) is 0 Å². The quantitative estimate of drug-likeness (QED) is 0.705. The highest BCUT2D eigenvalue weighted by molar-refractivity contribution is 7.89. The maximum Gasteiger partial charge on any atom is 0.253 e. The zero-order valence-corrected chi connectivity index (χ0v) is 19.2. The van der Waals surface area contributed by atoms with E-state index in [0.717, 1.165) is 5.56 Å². The van der Waals surface area contributed by atoms with Gasteiger partial charge >= 0.3 is 0 Å². The summed E-state index contributed by atoms with van der Waals surface area (Å²) in [7, 11) is -0.571. The van der Waals surface area contributed by atoms with Crippen LogP contribution >= 0.6 is 11.6 Å². The van der Waals surface area contributed by atoms with Gasteiger partial charge in [0.15, 0.2) is 0 Å². The summed E-state index contributed by atoms with van der Waals surface area (Å²) in [5, 5.41) is 2.76. The van der Waals surface area contributed by atoms with Crippen LogP contribution in [0, 0.1) is 0 Å². The van der Waals surface area contributed by atoms with Crippen LogP contribution < -0.4 is 10.0 Å². The Balaban J connectivity index is 2.19. The first kappa shape index (κ1) is 23.9. The van der Waals surface area contributed by atoms with Gasteiger partial charge in [0.1, 0.15) is 4.90 Å². The Labute approximate surface area is 182 Å². The summed E-state index contributed by atoms with van der Waals surface area (Å²) in [5.41, 5.74) is 0.719. The molecule has 7 nitrogen and oxygen atoms in total. The Morgan fingerprint density at radius 2 is 1.70 bits per heavy atom. The molecule has 2 aromatic rings. The monoisotopic (exact) mass is 451 g/mol. The molecule has 9 heteroatoms. The average molecular weight is 452 g/mol. The fourth-order valence-corrected chi connectivity index (χ4v) is 4.61. The van der Waals surface area contributed by atoms with Gasteiger partial charge in [-0.3, -0.25) is 9.59 Å². The number of hydrogen-bond acceptors (Lipinski definition) is 4. The number of nitrogens with one attached hydrogen (secondary N) is 2. The van der Waals surface area contributed by atoms with E-state index in [0.29, 0.717) is 5.56 Å². The van der Waals surface area contributed by atoms with Gasteiger partial charge < -0.3 is 10.2 Å². The lowest BCUT2D eigenvalue weighted by Crippen LogP contribution is -2.40. The maximum atomic E-state index is 12.6. The van der Waals surface area contributed by atoms with Gasteiger partial charge in [0, 0.05) is 37.3 Å². The molecule has 0 saturated carbocycles. The first-order valence-corrected chi connectivity index (χ1v) is 11.1. The van der Waals surface area contributed by atoms with Crippen molar-refractivity contribution < 1.29 is 18.0 Å². The van der Waals surface area contributed by atoms with Crippen molar-refractivity contribution in [3.05, 3.63) is 64.2 Å². The normalized spacial score (nSPS) is 11.8. The molecular weight excluding hydrogens is 426 g/mol. The molecule has 0 fully saturated rings. The van der Waals surface area contributed by atoms with Crippen LogP contribution in [0.1, 0.15) is 47.1 Å². The number of amides is 2. The van der Waals surface area contributed by atoms with Gasteiger partial charge in [0.25, 0.3) is 11.8 Å². The Morgan fingerprint density at radius 3 is 2.30 bits per heavy atom. The molecule has 30 heavy (non-hydrogen) atoms. The molecule has 0 saturated heterocycles. The van der Waals surface area contributed by atoms with E-state index in [2.05, 4.69) is 10.0 Å². The first-order valence-electron chi connectivity index (χ1n) is 9.22. The zero-order valence-electron chi connectivity index (χ0n) is 17.6. The Bertz CT molecular complexity index is 1060. The van der Waals surface area contributed by atoms with Crippen LogP contribution in [0.4, 0.5) is 0 Å². The molecular formula is C21H26ClN3O4S. The summed E-state index contributed by atoms with van der Waals surface area (Å²) in [4.78, 5) is 26.0. The third-order valence-electron chi connectivity index (χ3n) is 3.96. The van der Waals surface area contributed by atoms with Gasteiger partial charge in [-0.25, -0.2) is 13.1 Å². The minimum Gasteiger partial charge on any atom is -0.348 e. The number of halogens is 1. The minimum absolute atomic E-state index is 0.0261. The van der Waals surface area contributed by atoms with Crippen molar-refractivity contribution in [1.29, 1.82) is 0 Å². The molecule has 0 aliphatic carbocycles. The number of rotatable bonds is 6. The van der Waals surface area contributed by atoms with Crippen molar-refractivity contribution in [3.63, 3.8) is 0 Å². The summed E-state index contributed by atoms with van der Waals surface area (Å²) in [5.74, 6) is -0.592. The molecule has 2 amide bonds. The van der Waals surface area contributed by atoms with E-state index in [9.17, 15) is 18.0 Å². The van der Waals surface area contributed by atoms with Crippen molar-refractivity contribution in [1.82, 2.24) is 14.9 Å². The third kappa shape index (κ3) is 6.29. The zero-order chi connectivity index (χ0) is 22.7. The Morgan fingerprint density at radius 1 is 1.03 bits per heavy atom. The lowest BCUT2D eigenvalue weighted by Gasteiger charge is -2.21. The van der Waals surface area contributed by atoms with E-state index < -0.39 is 21.5 Å². The molecule has 0 spiro atoms. The van der Waals surface area contributed by atoms with Crippen LogP contribution in [-0.2, 0) is 16.6 Å². The molecule has 0 bridgehead atoms. The van der Waals surface area contributed by atoms with E-state index in [1.807, 2.05) is 0 Å². The highest BCUT2D eigenvalue weighted by atomic mass is 35.5. The molecule has 0 unspecified atom stereocenters. The number of sulfonamides is 1. The standard InChI is InChI=1S/C21H26ClN3O4S/c1-21(2,3)24-30(28,29)18-12-15(9-10-17(18)22)19(26)23-13-14-7-6-8-16(11-14)20(27)25(4)5/h6-12,24H,13H2,1-5H3,(H,23,26). The summed E-state index contributed by atoms with van der Waals surface area (Å²) < 4.78 is 27.8. The predicted octanol–water partition coefficient (Wildman–Crippen LogP) is 3.05. The number of carbonyl (C=O) groups excluding carboxylic acids is 2. The molecule has 162 valence electrons. The molecule has 0 aliphatic heterocycles. The molecule has 2 rings (SSSR count). The minimum atomic E-state index is -3.90. The Kier molecular flexibility index (Phi) is 7.28.